The fourth-order valence-electron chi connectivity index (χ4n) is 1.99. The molecule has 2 heteroatoms. The number of rotatable bonds is 12. The van der Waals surface area contributed by atoms with Crippen molar-refractivity contribution < 1.29 is 4.79 Å². The summed E-state index contributed by atoms with van der Waals surface area (Å²) in [6.07, 6.45) is 15.3. The van der Waals surface area contributed by atoms with Crippen LogP contribution in [0.4, 0.5) is 0 Å². The zero-order chi connectivity index (χ0) is 12.1. The third-order valence-corrected chi connectivity index (χ3v) is 3.06. The molecule has 0 aromatic heterocycles. The van der Waals surface area contributed by atoms with E-state index in [4.69, 9.17) is 0 Å². The standard InChI is InChI=1S/C15H29O.Na.H/c1-3-4-5-6-7-8-9-10-11-12-13-14-15(2)16;;/h2-14H2,1H3;;. The van der Waals surface area contributed by atoms with Crippen LogP contribution in [0.2, 0.25) is 0 Å². The Labute approximate surface area is 130 Å². The average molecular weight is 249 g/mol. The summed E-state index contributed by atoms with van der Waals surface area (Å²) >= 11 is 0. The van der Waals surface area contributed by atoms with Gasteiger partial charge in [-0.2, -0.15) is 0 Å². The molecule has 0 atom stereocenters. The van der Waals surface area contributed by atoms with Crippen molar-refractivity contribution in [3.8, 4) is 0 Å². The maximum atomic E-state index is 10.6. The topological polar surface area (TPSA) is 17.1 Å². The fourth-order valence-corrected chi connectivity index (χ4v) is 1.99. The molecule has 0 saturated carbocycles. The van der Waals surface area contributed by atoms with Gasteiger partial charge in [0, 0.05) is 13.3 Å². The molecule has 1 nitrogen and oxygen atoms in total. The molecule has 97 valence electrons. The molecule has 0 aromatic rings. The van der Waals surface area contributed by atoms with E-state index in [1.807, 2.05) is 0 Å². The molecular formula is C15H30NaO. The first-order chi connectivity index (χ1) is 7.77. The maximum absolute atomic E-state index is 10.6. The van der Waals surface area contributed by atoms with Gasteiger partial charge in [-0.15, -0.1) is 0 Å². The van der Waals surface area contributed by atoms with E-state index in [2.05, 4.69) is 13.8 Å². The normalized spacial score (nSPS) is 10.0. The second kappa shape index (κ2) is 16.7. The molecule has 0 rings (SSSR count). The van der Waals surface area contributed by atoms with E-state index < -0.39 is 0 Å². The molecule has 17 heavy (non-hydrogen) atoms. The fraction of sp³-hybridized carbons (Fsp3) is 0.867. The Kier molecular flexibility index (Phi) is 19.6. The van der Waals surface area contributed by atoms with Crippen LogP contribution in [0.25, 0.3) is 0 Å². The molecule has 0 bridgehead atoms. The van der Waals surface area contributed by atoms with E-state index >= 15 is 0 Å². The van der Waals surface area contributed by atoms with Crippen LogP contribution in [0.3, 0.4) is 0 Å². The van der Waals surface area contributed by atoms with Gasteiger partial charge in [-0.25, -0.2) is 0 Å². The molecule has 1 radical (unpaired) electrons. The van der Waals surface area contributed by atoms with Gasteiger partial charge in [-0.1, -0.05) is 71.1 Å². The average Bonchev–Trinajstić information content (AvgIpc) is 2.25. The van der Waals surface area contributed by atoms with E-state index in [1.54, 1.807) is 0 Å². The molecule has 0 heterocycles. The summed E-state index contributed by atoms with van der Waals surface area (Å²) in [7, 11) is 0. The van der Waals surface area contributed by atoms with Crippen LogP contribution < -0.4 is 0 Å². The predicted octanol–water partition coefficient (Wildman–Crippen LogP) is 4.44. The van der Waals surface area contributed by atoms with Gasteiger partial charge >= 0.3 is 29.6 Å². The molecule has 0 N–H and O–H groups in total. The van der Waals surface area contributed by atoms with Crippen molar-refractivity contribution in [2.45, 2.75) is 84.0 Å². The van der Waals surface area contributed by atoms with Gasteiger partial charge in [0.25, 0.3) is 0 Å². The van der Waals surface area contributed by atoms with Crippen LogP contribution >= 0.6 is 0 Å². The minimum atomic E-state index is 0. The molecule has 0 saturated heterocycles. The summed E-state index contributed by atoms with van der Waals surface area (Å²) in [4.78, 5) is 10.6. The third-order valence-electron chi connectivity index (χ3n) is 3.06. The number of hydrogen-bond acceptors (Lipinski definition) is 1. The molecule has 0 amide bonds. The third kappa shape index (κ3) is 19.2. The van der Waals surface area contributed by atoms with Crippen molar-refractivity contribution in [3.63, 3.8) is 0 Å². The first-order valence-electron chi connectivity index (χ1n) is 7.12. The van der Waals surface area contributed by atoms with Crippen LogP contribution in [-0.2, 0) is 4.79 Å². The van der Waals surface area contributed by atoms with Crippen molar-refractivity contribution in [3.05, 3.63) is 6.92 Å². The van der Waals surface area contributed by atoms with Crippen LogP contribution in [0.1, 0.15) is 84.0 Å². The molecule has 0 aliphatic heterocycles. The van der Waals surface area contributed by atoms with Crippen LogP contribution in [0, 0.1) is 6.92 Å². The summed E-state index contributed by atoms with van der Waals surface area (Å²) in [5, 5.41) is 0. The van der Waals surface area contributed by atoms with Crippen molar-refractivity contribution in [2.75, 3.05) is 0 Å². The molecule has 0 spiro atoms. The van der Waals surface area contributed by atoms with E-state index in [1.165, 1.54) is 64.2 Å². The quantitative estimate of drug-likeness (QED) is 0.369. The predicted molar refractivity (Wildman–Crippen MR) is 78.6 cm³/mol. The first kappa shape index (κ1) is 20.0. The zero-order valence-electron chi connectivity index (χ0n) is 11.1. The van der Waals surface area contributed by atoms with Gasteiger partial charge in [0.15, 0.2) is 0 Å². The van der Waals surface area contributed by atoms with Gasteiger partial charge < -0.3 is 0 Å². The molecule has 0 aliphatic carbocycles. The SMILES string of the molecule is [CH2]C(=O)CCCCCCCCCCCCC.[NaH]. The first-order valence-corrected chi connectivity index (χ1v) is 7.12. The van der Waals surface area contributed by atoms with Gasteiger partial charge in [-0.05, 0) is 6.42 Å². The van der Waals surface area contributed by atoms with Gasteiger partial charge in [-0.3, -0.25) is 4.79 Å². The van der Waals surface area contributed by atoms with E-state index in [0.29, 0.717) is 6.42 Å². The molecule has 0 aliphatic rings. The number of Topliss-reactive ketones (excluding diaryl/α,β-unsaturated/α-hetero) is 1. The second-order valence-corrected chi connectivity index (χ2v) is 4.82. The molecule has 0 fully saturated rings. The summed E-state index contributed by atoms with van der Waals surface area (Å²) < 4.78 is 0. The second-order valence-electron chi connectivity index (χ2n) is 4.82. The van der Waals surface area contributed by atoms with Crippen molar-refractivity contribution in [1.29, 1.82) is 0 Å². The van der Waals surface area contributed by atoms with Gasteiger partial charge in [0.05, 0.1) is 0 Å². The number of carbonyl (C=O) groups excluding carboxylic acids is 1. The summed E-state index contributed by atoms with van der Waals surface area (Å²) in [6.45, 7) is 5.64. The van der Waals surface area contributed by atoms with Crippen molar-refractivity contribution in [1.82, 2.24) is 0 Å². The van der Waals surface area contributed by atoms with E-state index in [-0.39, 0.29) is 35.3 Å². The zero-order valence-corrected chi connectivity index (χ0v) is 11.1. The summed E-state index contributed by atoms with van der Waals surface area (Å²) in [5.74, 6) is 0.0934. The van der Waals surface area contributed by atoms with E-state index in [0.717, 1.165) is 6.42 Å². The van der Waals surface area contributed by atoms with E-state index in [9.17, 15) is 4.79 Å². The Bertz CT molecular complexity index is 157. The Balaban J connectivity index is 0. The van der Waals surface area contributed by atoms with Crippen molar-refractivity contribution >= 4 is 35.3 Å². The van der Waals surface area contributed by atoms with Crippen LogP contribution in [-0.4, -0.2) is 35.3 Å². The summed E-state index contributed by atoms with van der Waals surface area (Å²) in [5.41, 5.74) is 0. The Morgan fingerprint density at radius 3 is 1.47 bits per heavy atom. The Morgan fingerprint density at radius 2 is 1.12 bits per heavy atom. The summed E-state index contributed by atoms with van der Waals surface area (Å²) in [6, 6.07) is 0. The minimum absolute atomic E-state index is 0. The molecular weight excluding hydrogens is 219 g/mol. The van der Waals surface area contributed by atoms with Gasteiger partial charge in [0.1, 0.15) is 5.78 Å². The van der Waals surface area contributed by atoms with Crippen LogP contribution in [0.15, 0.2) is 0 Å². The Hall–Kier alpha value is 0.670. The Morgan fingerprint density at radius 1 is 0.765 bits per heavy atom. The number of hydrogen-bond donors (Lipinski definition) is 0. The molecule has 0 aromatic carbocycles. The van der Waals surface area contributed by atoms with Gasteiger partial charge in [0.2, 0.25) is 0 Å². The number of carbonyl (C=O) groups is 1. The number of ketones is 1. The number of unbranched alkanes of at least 4 members (excludes halogenated alkanes) is 10. The monoisotopic (exact) mass is 249 g/mol. The van der Waals surface area contributed by atoms with Crippen LogP contribution in [0.5, 0.6) is 0 Å². The van der Waals surface area contributed by atoms with Crippen molar-refractivity contribution in [2.24, 2.45) is 0 Å². The molecule has 0 unspecified atom stereocenters.